The molecule has 0 saturated carbocycles. The van der Waals surface area contributed by atoms with Crippen molar-refractivity contribution in [3.8, 4) is 11.3 Å². The van der Waals surface area contributed by atoms with Crippen LogP contribution in [0, 0.1) is 13.8 Å². The summed E-state index contributed by atoms with van der Waals surface area (Å²) in [6.07, 6.45) is 0.898. The molecule has 0 radical (unpaired) electrons. The average molecular weight is 393 g/mol. The van der Waals surface area contributed by atoms with Gasteiger partial charge in [-0.05, 0) is 43.0 Å². The monoisotopic (exact) mass is 392 g/mol. The molecule has 3 aromatic carbocycles. The number of benzene rings is 3. The third-order valence-electron chi connectivity index (χ3n) is 6.09. The Hall–Kier alpha value is -3.46. The Morgan fingerprint density at radius 2 is 1.57 bits per heavy atom. The van der Waals surface area contributed by atoms with Gasteiger partial charge in [-0.15, -0.1) is 0 Å². The highest BCUT2D eigenvalue weighted by Crippen LogP contribution is 2.32. The van der Waals surface area contributed by atoms with E-state index in [1.807, 2.05) is 36.1 Å². The summed E-state index contributed by atoms with van der Waals surface area (Å²) in [5, 5.41) is 0.926. The molecule has 4 aromatic rings. The number of para-hydroxylation sites is 1. The summed E-state index contributed by atoms with van der Waals surface area (Å²) in [6, 6.07) is 24.8. The van der Waals surface area contributed by atoms with E-state index in [2.05, 4.69) is 55.5 Å². The van der Waals surface area contributed by atoms with Crippen LogP contribution in [-0.2, 0) is 13.0 Å². The van der Waals surface area contributed by atoms with Gasteiger partial charge in [-0.3, -0.25) is 4.79 Å². The Morgan fingerprint density at radius 3 is 2.37 bits per heavy atom. The second kappa shape index (κ2) is 7.42. The number of amides is 1. The number of carbonyl (C=O) groups is 1. The molecule has 3 nitrogen and oxygen atoms in total. The minimum Gasteiger partial charge on any atom is -0.334 e. The molecule has 0 N–H and O–H groups in total. The lowest BCUT2D eigenvalue weighted by molar-refractivity contribution is 0.0736. The van der Waals surface area contributed by atoms with Gasteiger partial charge in [-0.2, -0.15) is 0 Å². The number of aryl methyl sites for hydroxylation is 1. The van der Waals surface area contributed by atoms with Crippen LogP contribution < -0.4 is 0 Å². The van der Waals surface area contributed by atoms with E-state index in [0.29, 0.717) is 6.54 Å². The smallest absolute Gasteiger partial charge is 0.255 e. The summed E-state index contributed by atoms with van der Waals surface area (Å²) >= 11 is 0. The molecule has 3 heteroatoms. The van der Waals surface area contributed by atoms with Crippen LogP contribution >= 0.6 is 0 Å². The fraction of sp³-hybridized carbons (Fsp3) is 0.185. The molecule has 30 heavy (non-hydrogen) atoms. The predicted molar refractivity (Wildman–Crippen MR) is 122 cm³/mol. The second-order valence-electron chi connectivity index (χ2n) is 8.09. The van der Waals surface area contributed by atoms with E-state index < -0.39 is 0 Å². The van der Waals surface area contributed by atoms with Crippen molar-refractivity contribution in [3.05, 3.63) is 101 Å². The number of carbonyl (C=O) groups excluding carboxylic acids is 1. The van der Waals surface area contributed by atoms with Crippen LogP contribution in [0.5, 0.6) is 0 Å². The first-order valence-electron chi connectivity index (χ1n) is 10.4. The Kier molecular flexibility index (Phi) is 4.59. The molecule has 0 saturated heterocycles. The molecule has 0 spiro atoms. The van der Waals surface area contributed by atoms with Crippen molar-refractivity contribution < 1.29 is 4.79 Å². The molecule has 148 valence electrons. The van der Waals surface area contributed by atoms with Crippen LogP contribution in [0.3, 0.4) is 0 Å². The van der Waals surface area contributed by atoms with E-state index in [1.165, 1.54) is 16.7 Å². The zero-order valence-electron chi connectivity index (χ0n) is 17.4. The summed E-state index contributed by atoms with van der Waals surface area (Å²) in [7, 11) is 0. The molecular formula is C27H24N2O. The molecule has 2 heterocycles. The van der Waals surface area contributed by atoms with Crippen molar-refractivity contribution in [3.63, 3.8) is 0 Å². The first-order valence-corrected chi connectivity index (χ1v) is 10.4. The standard InChI is InChI=1S/C27H24N2O/c1-18-11-13-21(14-12-18)26-19(2)25(23-9-5-6-10-24(23)28-26)27(30)29-16-15-20-7-3-4-8-22(20)17-29/h3-14H,15-17H2,1-2H3. The van der Waals surface area contributed by atoms with Crippen LogP contribution in [0.4, 0.5) is 0 Å². The number of nitrogens with zero attached hydrogens (tertiary/aromatic N) is 2. The van der Waals surface area contributed by atoms with E-state index in [1.54, 1.807) is 0 Å². The maximum absolute atomic E-state index is 13.8. The van der Waals surface area contributed by atoms with Crippen LogP contribution in [0.1, 0.15) is 32.6 Å². The molecule has 1 aliphatic rings. The normalized spacial score (nSPS) is 13.3. The highest BCUT2D eigenvalue weighted by atomic mass is 16.2. The molecule has 0 atom stereocenters. The Bertz CT molecular complexity index is 1260. The molecule has 0 unspecified atom stereocenters. The fourth-order valence-corrected chi connectivity index (χ4v) is 4.40. The van der Waals surface area contributed by atoms with Gasteiger partial charge in [0.2, 0.25) is 0 Å². The minimum atomic E-state index is 0.0916. The molecule has 1 aromatic heterocycles. The van der Waals surface area contributed by atoms with E-state index in [-0.39, 0.29) is 5.91 Å². The summed E-state index contributed by atoms with van der Waals surface area (Å²) in [6.45, 7) is 5.50. The van der Waals surface area contributed by atoms with Gasteiger partial charge in [0.15, 0.2) is 0 Å². The molecular weight excluding hydrogens is 368 g/mol. The number of fused-ring (bicyclic) bond motifs is 2. The zero-order valence-corrected chi connectivity index (χ0v) is 17.4. The Morgan fingerprint density at radius 1 is 0.867 bits per heavy atom. The van der Waals surface area contributed by atoms with Gasteiger partial charge in [0, 0.05) is 24.0 Å². The molecule has 1 amide bonds. The van der Waals surface area contributed by atoms with Gasteiger partial charge in [0.05, 0.1) is 16.8 Å². The average Bonchev–Trinajstić information content (AvgIpc) is 2.78. The number of aromatic nitrogens is 1. The quantitative estimate of drug-likeness (QED) is 0.437. The maximum atomic E-state index is 13.8. The lowest BCUT2D eigenvalue weighted by Gasteiger charge is -2.30. The van der Waals surface area contributed by atoms with Gasteiger partial charge in [-0.25, -0.2) is 4.98 Å². The van der Waals surface area contributed by atoms with Crippen LogP contribution in [0.15, 0.2) is 72.8 Å². The Labute approximate surface area is 177 Å². The second-order valence-corrected chi connectivity index (χ2v) is 8.09. The molecule has 0 bridgehead atoms. The molecule has 0 fully saturated rings. The van der Waals surface area contributed by atoms with Gasteiger partial charge in [0.1, 0.15) is 0 Å². The van der Waals surface area contributed by atoms with E-state index in [4.69, 9.17) is 4.98 Å². The zero-order chi connectivity index (χ0) is 20.7. The van der Waals surface area contributed by atoms with Crippen molar-refractivity contribution in [2.75, 3.05) is 6.54 Å². The fourth-order valence-electron chi connectivity index (χ4n) is 4.40. The van der Waals surface area contributed by atoms with Gasteiger partial charge in [0.25, 0.3) is 5.91 Å². The predicted octanol–water partition coefficient (Wildman–Crippen LogP) is 5.72. The molecule has 5 rings (SSSR count). The number of hydrogen-bond donors (Lipinski definition) is 0. The highest BCUT2D eigenvalue weighted by molar-refractivity contribution is 6.09. The lowest BCUT2D eigenvalue weighted by Crippen LogP contribution is -2.36. The first kappa shape index (κ1) is 18.6. The summed E-state index contributed by atoms with van der Waals surface area (Å²) in [5.74, 6) is 0.0916. The topological polar surface area (TPSA) is 33.2 Å². The highest BCUT2D eigenvalue weighted by Gasteiger charge is 2.26. The van der Waals surface area contributed by atoms with E-state index in [9.17, 15) is 4.79 Å². The largest absolute Gasteiger partial charge is 0.334 e. The molecule has 1 aliphatic heterocycles. The van der Waals surface area contributed by atoms with Crippen LogP contribution in [0.25, 0.3) is 22.2 Å². The lowest BCUT2D eigenvalue weighted by atomic mass is 9.94. The third kappa shape index (κ3) is 3.17. The maximum Gasteiger partial charge on any atom is 0.255 e. The van der Waals surface area contributed by atoms with Crippen molar-refractivity contribution in [2.24, 2.45) is 0 Å². The number of rotatable bonds is 2. The number of pyridine rings is 1. The van der Waals surface area contributed by atoms with Crippen molar-refractivity contribution in [2.45, 2.75) is 26.8 Å². The Balaban J connectivity index is 1.64. The summed E-state index contributed by atoms with van der Waals surface area (Å²) in [5.41, 5.74) is 8.30. The van der Waals surface area contributed by atoms with Crippen LogP contribution in [0.2, 0.25) is 0 Å². The van der Waals surface area contributed by atoms with Gasteiger partial charge >= 0.3 is 0 Å². The minimum absolute atomic E-state index is 0.0916. The summed E-state index contributed by atoms with van der Waals surface area (Å²) in [4.78, 5) is 20.7. The van der Waals surface area contributed by atoms with Crippen molar-refractivity contribution >= 4 is 16.8 Å². The number of hydrogen-bond acceptors (Lipinski definition) is 2. The SMILES string of the molecule is Cc1ccc(-c2nc3ccccc3c(C(=O)N3CCc4ccccc4C3)c2C)cc1. The van der Waals surface area contributed by atoms with Crippen molar-refractivity contribution in [1.29, 1.82) is 0 Å². The van der Waals surface area contributed by atoms with E-state index >= 15 is 0 Å². The van der Waals surface area contributed by atoms with E-state index in [0.717, 1.165) is 46.3 Å². The first-order chi connectivity index (χ1) is 14.6. The van der Waals surface area contributed by atoms with Gasteiger partial charge < -0.3 is 4.90 Å². The van der Waals surface area contributed by atoms with Crippen LogP contribution in [-0.4, -0.2) is 22.3 Å². The third-order valence-corrected chi connectivity index (χ3v) is 6.09. The van der Waals surface area contributed by atoms with Crippen molar-refractivity contribution in [1.82, 2.24) is 9.88 Å². The summed E-state index contributed by atoms with van der Waals surface area (Å²) < 4.78 is 0. The van der Waals surface area contributed by atoms with Gasteiger partial charge in [-0.1, -0.05) is 72.3 Å². The molecule has 0 aliphatic carbocycles.